The Hall–Kier alpha value is -1.58. The molecule has 0 spiro atoms. The summed E-state index contributed by atoms with van der Waals surface area (Å²) in [6, 6.07) is 1.42. The minimum absolute atomic E-state index is 0.125. The van der Waals surface area contributed by atoms with Gasteiger partial charge in [-0.15, -0.1) is 0 Å². The van der Waals surface area contributed by atoms with Crippen molar-refractivity contribution in [1.82, 2.24) is 0 Å². The van der Waals surface area contributed by atoms with E-state index in [1.807, 2.05) is 0 Å². The number of Topliss-reactive ketones (excluding diaryl/α,β-unsaturated/α-hetero) is 1. The van der Waals surface area contributed by atoms with E-state index in [-0.39, 0.29) is 5.56 Å². The second-order valence-electron chi connectivity index (χ2n) is 2.46. The van der Waals surface area contributed by atoms with Crippen molar-refractivity contribution in [3.05, 3.63) is 23.2 Å². The lowest BCUT2D eigenvalue weighted by molar-refractivity contribution is -0.131. The van der Waals surface area contributed by atoms with Crippen LogP contribution in [-0.4, -0.2) is 16.9 Å². The van der Waals surface area contributed by atoms with Gasteiger partial charge in [-0.2, -0.15) is 0 Å². The van der Waals surface area contributed by atoms with Crippen molar-refractivity contribution in [3.63, 3.8) is 0 Å². The number of aryl methyl sites for hydroxylation is 2. The lowest BCUT2D eigenvalue weighted by Gasteiger charge is -1.89. The lowest BCUT2D eigenvalue weighted by Crippen LogP contribution is -2.12. The van der Waals surface area contributed by atoms with Gasteiger partial charge >= 0.3 is 5.97 Å². The number of aliphatic carboxylic acids is 1. The molecule has 4 heteroatoms. The minimum atomic E-state index is -1.46. The Kier molecular flexibility index (Phi) is 1.99. The highest BCUT2D eigenvalue weighted by Crippen LogP contribution is 2.13. The Morgan fingerprint density at radius 2 is 2.00 bits per heavy atom. The van der Waals surface area contributed by atoms with Crippen LogP contribution in [0.5, 0.6) is 0 Å². The number of carboxylic acid groups (broad SMARTS) is 1. The first-order valence-corrected chi connectivity index (χ1v) is 3.37. The van der Waals surface area contributed by atoms with E-state index in [9.17, 15) is 9.59 Å². The molecule has 12 heavy (non-hydrogen) atoms. The van der Waals surface area contributed by atoms with Crippen molar-refractivity contribution in [2.24, 2.45) is 0 Å². The summed E-state index contributed by atoms with van der Waals surface area (Å²) in [5, 5.41) is 8.38. The smallest absolute Gasteiger partial charge is 0.377 e. The fourth-order valence-corrected chi connectivity index (χ4v) is 0.971. The van der Waals surface area contributed by atoms with Crippen molar-refractivity contribution >= 4 is 11.8 Å². The van der Waals surface area contributed by atoms with E-state index in [0.29, 0.717) is 11.5 Å². The van der Waals surface area contributed by atoms with Gasteiger partial charge in [0, 0.05) is 0 Å². The molecule has 0 aliphatic heterocycles. The molecule has 0 aliphatic rings. The molecule has 0 amide bonds. The predicted molar refractivity (Wildman–Crippen MR) is 40.1 cm³/mol. The molecule has 4 nitrogen and oxygen atoms in total. The topological polar surface area (TPSA) is 67.5 Å². The van der Waals surface area contributed by atoms with E-state index < -0.39 is 11.8 Å². The SMILES string of the molecule is Cc1cc(C(=O)C(=O)O)c(C)o1. The number of carboxylic acids is 1. The summed E-state index contributed by atoms with van der Waals surface area (Å²) < 4.78 is 5.00. The standard InChI is InChI=1S/C8H8O4/c1-4-3-6(5(2)12-4)7(9)8(10)11/h3H,1-2H3,(H,10,11). The third-order valence-corrected chi connectivity index (χ3v) is 1.48. The summed E-state index contributed by atoms with van der Waals surface area (Å²) in [4.78, 5) is 21.2. The van der Waals surface area contributed by atoms with Crippen LogP contribution in [0.4, 0.5) is 0 Å². The van der Waals surface area contributed by atoms with Crippen LogP contribution < -0.4 is 0 Å². The second kappa shape index (κ2) is 2.81. The quantitative estimate of drug-likeness (QED) is 0.531. The number of carbonyl (C=O) groups excluding carboxylic acids is 1. The average Bonchev–Trinajstić information content (AvgIpc) is 2.28. The van der Waals surface area contributed by atoms with E-state index in [0.717, 1.165) is 0 Å². The first kappa shape index (κ1) is 8.52. The van der Waals surface area contributed by atoms with Crippen LogP contribution in [0.2, 0.25) is 0 Å². The zero-order valence-electron chi connectivity index (χ0n) is 6.75. The Morgan fingerprint density at radius 1 is 1.42 bits per heavy atom. The molecule has 1 N–H and O–H groups in total. The van der Waals surface area contributed by atoms with Gasteiger partial charge in [-0.1, -0.05) is 0 Å². The summed E-state index contributed by atoms with van der Waals surface area (Å²) in [5.41, 5.74) is 0.125. The fraction of sp³-hybridized carbons (Fsp3) is 0.250. The van der Waals surface area contributed by atoms with Gasteiger partial charge in [0.05, 0.1) is 5.56 Å². The van der Waals surface area contributed by atoms with E-state index in [1.54, 1.807) is 13.8 Å². The third kappa shape index (κ3) is 1.37. The highest BCUT2D eigenvalue weighted by molar-refractivity contribution is 6.40. The average molecular weight is 168 g/mol. The number of hydrogen-bond acceptors (Lipinski definition) is 3. The molecule has 0 bridgehead atoms. The number of ketones is 1. The Bertz CT molecular complexity index is 335. The molecule has 0 unspecified atom stereocenters. The molecule has 1 aromatic heterocycles. The number of hydrogen-bond donors (Lipinski definition) is 1. The van der Waals surface area contributed by atoms with Gasteiger partial charge < -0.3 is 9.52 Å². The second-order valence-corrected chi connectivity index (χ2v) is 2.46. The van der Waals surface area contributed by atoms with Crippen LogP contribution in [0.25, 0.3) is 0 Å². The van der Waals surface area contributed by atoms with Gasteiger partial charge in [0.1, 0.15) is 11.5 Å². The monoisotopic (exact) mass is 168 g/mol. The summed E-state index contributed by atoms with van der Waals surface area (Å²) in [7, 11) is 0. The van der Waals surface area contributed by atoms with Crippen LogP contribution >= 0.6 is 0 Å². The molecular formula is C8H8O4. The largest absolute Gasteiger partial charge is 0.475 e. The Labute approximate surface area is 68.8 Å². The molecule has 1 heterocycles. The molecule has 0 atom stereocenters. The zero-order chi connectivity index (χ0) is 9.30. The normalized spacial score (nSPS) is 9.83. The molecule has 1 aromatic rings. The highest BCUT2D eigenvalue weighted by atomic mass is 16.4. The third-order valence-electron chi connectivity index (χ3n) is 1.48. The van der Waals surface area contributed by atoms with Crippen LogP contribution in [-0.2, 0) is 4.79 Å². The molecular weight excluding hydrogens is 160 g/mol. The predicted octanol–water partition coefficient (Wildman–Crippen LogP) is 1.16. The molecule has 0 saturated heterocycles. The molecule has 1 rings (SSSR count). The summed E-state index contributed by atoms with van der Waals surface area (Å²) in [5.74, 6) is -1.50. The van der Waals surface area contributed by atoms with Crippen molar-refractivity contribution in [3.8, 4) is 0 Å². The van der Waals surface area contributed by atoms with E-state index in [4.69, 9.17) is 9.52 Å². The van der Waals surface area contributed by atoms with E-state index in [1.165, 1.54) is 6.07 Å². The zero-order valence-corrected chi connectivity index (χ0v) is 6.75. The summed E-state index contributed by atoms with van der Waals surface area (Å²) in [6.07, 6.45) is 0. The fourth-order valence-electron chi connectivity index (χ4n) is 0.971. The van der Waals surface area contributed by atoms with E-state index in [2.05, 4.69) is 0 Å². The number of furan rings is 1. The summed E-state index contributed by atoms with van der Waals surface area (Å²) in [6.45, 7) is 3.22. The summed E-state index contributed by atoms with van der Waals surface area (Å²) >= 11 is 0. The number of carbonyl (C=O) groups is 2. The molecule has 0 fully saturated rings. The van der Waals surface area contributed by atoms with Gasteiger partial charge in [0.15, 0.2) is 0 Å². The first-order valence-electron chi connectivity index (χ1n) is 3.37. The van der Waals surface area contributed by atoms with Crippen LogP contribution in [0.3, 0.4) is 0 Å². The van der Waals surface area contributed by atoms with Gasteiger partial charge in [-0.05, 0) is 19.9 Å². The molecule has 64 valence electrons. The molecule has 0 aromatic carbocycles. The molecule has 0 aliphatic carbocycles. The lowest BCUT2D eigenvalue weighted by atomic mass is 10.1. The maximum Gasteiger partial charge on any atom is 0.377 e. The van der Waals surface area contributed by atoms with Gasteiger partial charge in [0.2, 0.25) is 0 Å². The maximum atomic E-state index is 10.9. The Morgan fingerprint density at radius 3 is 2.33 bits per heavy atom. The van der Waals surface area contributed by atoms with Crippen LogP contribution in [0.1, 0.15) is 21.9 Å². The van der Waals surface area contributed by atoms with Crippen molar-refractivity contribution in [2.75, 3.05) is 0 Å². The molecule has 0 saturated carbocycles. The Balaban J connectivity index is 3.11. The van der Waals surface area contributed by atoms with E-state index >= 15 is 0 Å². The van der Waals surface area contributed by atoms with Crippen molar-refractivity contribution < 1.29 is 19.1 Å². The highest BCUT2D eigenvalue weighted by Gasteiger charge is 2.19. The number of rotatable bonds is 2. The van der Waals surface area contributed by atoms with Gasteiger partial charge in [-0.3, -0.25) is 4.79 Å². The molecule has 0 radical (unpaired) electrons. The minimum Gasteiger partial charge on any atom is -0.475 e. The van der Waals surface area contributed by atoms with Crippen LogP contribution in [0.15, 0.2) is 10.5 Å². The maximum absolute atomic E-state index is 10.9. The van der Waals surface area contributed by atoms with Crippen LogP contribution in [0, 0.1) is 13.8 Å². The van der Waals surface area contributed by atoms with Gasteiger partial charge in [0.25, 0.3) is 5.78 Å². The first-order chi connectivity index (χ1) is 5.52. The van der Waals surface area contributed by atoms with Crippen molar-refractivity contribution in [1.29, 1.82) is 0 Å². The van der Waals surface area contributed by atoms with Gasteiger partial charge in [-0.25, -0.2) is 4.79 Å². The van der Waals surface area contributed by atoms with Crippen molar-refractivity contribution in [2.45, 2.75) is 13.8 Å².